The molecular formula is C12H18F2N4O2S. The molecule has 0 radical (unpaired) electrons. The van der Waals surface area contributed by atoms with Crippen LogP contribution in [0.2, 0.25) is 0 Å². The zero-order chi connectivity index (χ0) is 15.5. The first-order valence-corrected chi connectivity index (χ1v) is 7.53. The van der Waals surface area contributed by atoms with E-state index in [1.807, 2.05) is 4.90 Å². The second-order valence-corrected chi connectivity index (χ2v) is 5.93. The first-order chi connectivity index (χ1) is 9.93. The number of aromatic nitrogens is 1. The first-order valence-electron chi connectivity index (χ1n) is 6.71. The molecule has 1 aliphatic rings. The van der Waals surface area contributed by atoms with Crippen LogP contribution in [0.5, 0.6) is 0 Å². The van der Waals surface area contributed by atoms with E-state index >= 15 is 0 Å². The molecule has 118 valence electrons. The van der Waals surface area contributed by atoms with Crippen LogP contribution in [0.1, 0.15) is 28.9 Å². The predicted molar refractivity (Wildman–Crippen MR) is 77.0 cm³/mol. The van der Waals surface area contributed by atoms with Gasteiger partial charge in [-0.1, -0.05) is 11.3 Å². The number of piperidine rings is 1. The Morgan fingerprint density at radius 1 is 1.43 bits per heavy atom. The summed E-state index contributed by atoms with van der Waals surface area (Å²) >= 11 is 1.10. The molecule has 6 nitrogen and oxygen atoms in total. The van der Waals surface area contributed by atoms with Crippen LogP contribution in [0.4, 0.5) is 19.7 Å². The molecule has 0 atom stereocenters. The number of anilines is 2. The van der Waals surface area contributed by atoms with Crippen LogP contribution in [0.25, 0.3) is 0 Å². The lowest BCUT2D eigenvalue weighted by atomic mass is 10.1. The highest BCUT2D eigenvalue weighted by atomic mass is 32.1. The van der Waals surface area contributed by atoms with E-state index in [0.29, 0.717) is 5.13 Å². The fraction of sp³-hybridized carbons (Fsp3) is 0.667. The van der Waals surface area contributed by atoms with Gasteiger partial charge in [0.15, 0.2) is 5.13 Å². The molecule has 9 heteroatoms. The number of aliphatic hydroxyl groups is 1. The number of halogens is 2. The van der Waals surface area contributed by atoms with Gasteiger partial charge in [-0.15, -0.1) is 0 Å². The number of amides is 1. The Balaban J connectivity index is 2.02. The summed E-state index contributed by atoms with van der Waals surface area (Å²) in [6, 6.07) is 0. The van der Waals surface area contributed by atoms with Crippen molar-refractivity contribution in [3.63, 3.8) is 0 Å². The molecule has 1 aromatic rings. The number of nitrogens with zero attached hydrogens (tertiary/aromatic N) is 2. The maximum absolute atomic E-state index is 12.9. The molecule has 2 rings (SSSR count). The lowest BCUT2D eigenvalue weighted by Gasteiger charge is -2.25. The zero-order valence-electron chi connectivity index (χ0n) is 11.4. The number of carbonyl (C=O) groups is 1. The minimum Gasteiger partial charge on any atom is -0.390 e. The van der Waals surface area contributed by atoms with E-state index in [2.05, 4.69) is 10.3 Å². The molecule has 21 heavy (non-hydrogen) atoms. The first kappa shape index (κ1) is 15.9. The van der Waals surface area contributed by atoms with Crippen LogP contribution < -0.4 is 16.0 Å². The van der Waals surface area contributed by atoms with Crippen molar-refractivity contribution >= 4 is 28.2 Å². The third-order valence-electron chi connectivity index (χ3n) is 3.21. The van der Waals surface area contributed by atoms with Crippen LogP contribution in [0.3, 0.4) is 0 Å². The minimum atomic E-state index is -3.34. The highest BCUT2D eigenvalue weighted by molar-refractivity contribution is 7.18. The third-order valence-corrected chi connectivity index (χ3v) is 4.34. The number of nitrogens with one attached hydrogen (secondary N) is 1. The second kappa shape index (κ2) is 6.52. The Morgan fingerprint density at radius 2 is 2.10 bits per heavy atom. The predicted octanol–water partition coefficient (Wildman–Crippen LogP) is 1.07. The van der Waals surface area contributed by atoms with Crippen molar-refractivity contribution in [1.82, 2.24) is 10.3 Å². The van der Waals surface area contributed by atoms with Crippen molar-refractivity contribution < 1.29 is 18.7 Å². The standard InChI is InChI=1S/C12H18F2N4O2S/c13-12(14,7-19)6-16-10(20)8-9(15)17-11(21-8)18-4-2-1-3-5-18/h19H,1-7,15H2,(H,16,20). The molecule has 0 aliphatic carbocycles. The Bertz CT molecular complexity index is 503. The Labute approximate surface area is 125 Å². The van der Waals surface area contributed by atoms with Gasteiger partial charge < -0.3 is 21.1 Å². The molecule has 0 aromatic carbocycles. The molecule has 0 unspecified atom stereocenters. The summed E-state index contributed by atoms with van der Waals surface area (Å²) in [6.45, 7) is -0.531. The maximum Gasteiger partial charge on any atom is 0.287 e. The van der Waals surface area contributed by atoms with Crippen molar-refractivity contribution in [3.8, 4) is 0 Å². The highest BCUT2D eigenvalue weighted by Crippen LogP contribution is 2.30. The van der Waals surface area contributed by atoms with Crippen molar-refractivity contribution in [1.29, 1.82) is 0 Å². The molecule has 0 saturated carbocycles. The van der Waals surface area contributed by atoms with Gasteiger partial charge >= 0.3 is 0 Å². The summed E-state index contributed by atoms with van der Waals surface area (Å²) in [4.78, 5) is 18.2. The van der Waals surface area contributed by atoms with Gasteiger partial charge in [0.2, 0.25) is 0 Å². The van der Waals surface area contributed by atoms with Crippen LogP contribution in [0.15, 0.2) is 0 Å². The topological polar surface area (TPSA) is 91.5 Å². The smallest absolute Gasteiger partial charge is 0.287 e. The number of nitrogen functional groups attached to an aromatic ring is 1. The molecule has 1 fully saturated rings. The molecule has 1 aliphatic heterocycles. The lowest BCUT2D eigenvalue weighted by molar-refractivity contribution is -0.0461. The largest absolute Gasteiger partial charge is 0.390 e. The van der Waals surface area contributed by atoms with Gasteiger partial charge in [0.25, 0.3) is 11.8 Å². The van der Waals surface area contributed by atoms with E-state index in [0.717, 1.165) is 37.3 Å². The van der Waals surface area contributed by atoms with Crippen LogP contribution in [-0.4, -0.2) is 48.2 Å². The van der Waals surface area contributed by atoms with Crippen molar-refractivity contribution in [2.75, 3.05) is 36.9 Å². The summed E-state index contributed by atoms with van der Waals surface area (Å²) in [6.07, 6.45) is 3.29. The number of nitrogens with two attached hydrogens (primary N) is 1. The number of rotatable bonds is 5. The molecule has 0 spiro atoms. The monoisotopic (exact) mass is 320 g/mol. The summed E-state index contributed by atoms with van der Waals surface area (Å²) in [7, 11) is 0. The molecular weight excluding hydrogens is 302 g/mol. The van der Waals surface area contributed by atoms with Crippen LogP contribution in [-0.2, 0) is 0 Å². The Morgan fingerprint density at radius 3 is 2.71 bits per heavy atom. The Hall–Kier alpha value is -1.48. The summed E-state index contributed by atoms with van der Waals surface area (Å²) in [5.74, 6) is -3.99. The van der Waals surface area contributed by atoms with E-state index in [1.54, 1.807) is 0 Å². The van der Waals surface area contributed by atoms with E-state index in [4.69, 9.17) is 10.8 Å². The third kappa shape index (κ3) is 4.01. The fourth-order valence-corrected chi connectivity index (χ4v) is 3.00. The van der Waals surface area contributed by atoms with E-state index in [1.165, 1.54) is 6.42 Å². The molecule has 0 bridgehead atoms. The van der Waals surface area contributed by atoms with Gasteiger partial charge in [-0.2, -0.15) is 0 Å². The maximum atomic E-state index is 12.9. The van der Waals surface area contributed by atoms with Gasteiger partial charge in [-0.25, -0.2) is 13.8 Å². The van der Waals surface area contributed by atoms with Crippen molar-refractivity contribution in [2.45, 2.75) is 25.2 Å². The molecule has 1 aromatic heterocycles. The van der Waals surface area contributed by atoms with Crippen LogP contribution in [0, 0.1) is 0 Å². The van der Waals surface area contributed by atoms with E-state index < -0.39 is 25.0 Å². The summed E-state index contributed by atoms with van der Waals surface area (Å²) in [5, 5.41) is 11.2. The number of alkyl halides is 2. The molecule has 2 heterocycles. The van der Waals surface area contributed by atoms with Gasteiger partial charge in [0.05, 0.1) is 6.54 Å². The van der Waals surface area contributed by atoms with Crippen LogP contribution >= 0.6 is 11.3 Å². The Kier molecular flexibility index (Phi) is 4.94. The van der Waals surface area contributed by atoms with Gasteiger partial charge in [0, 0.05) is 13.1 Å². The summed E-state index contributed by atoms with van der Waals surface area (Å²) in [5.41, 5.74) is 5.70. The number of aliphatic hydroxyl groups excluding tert-OH is 1. The number of carbonyl (C=O) groups excluding carboxylic acids is 1. The average molecular weight is 320 g/mol. The minimum absolute atomic E-state index is 0.0467. The zero-order valence-corrected chi connectivity index (χ0v) is 12.3. The lowest BCUT2D eigenvalue weighted by Crippen LogP contribution is -2.38. The highest BCUT2D eigenvalue weighted by Gasteiger charge is 2.29. The van der Waals surface area contributed by atoms with E-state index in [9.17, 15) is 13.6 Å². The van der Waals surface area contributed by atoms with Crippen molar-refractivity contribution in [3.05, 3.63) is 4.88 Å². The normalized spacial score (nSPS) is 16.0. The van der Waals surface area contributed by atoms with Gasteiger partial charge in [-0.05, 0) is 19.3 Å². The quantitative estimate of drug-likeness (QED) is 0.755. The fourth-order valence-electron chi connectivity index (χ4n) is 2.05. The SMILES string of the molecule is Nc1nc(N2CCCCC2)sc1C(=O)NCC(F)(F)CO. The van der Waals surface area contributed by atoms with Gasteiger partial charge in [0.1, 0.15) is 17.3 Å². The molecule has 1 amide bonds. The van der Waals surface area contributed by atoms with Gasteiger partial charge in [-0.3, -0.25) is 4.79 Å². The number of thiazole rings is 1. The summed E-state index contributed by atoms with van der Waals surface area (Å²) < 4.78 is 25.8. The average Bonchev–Trinajstić information content (AvgIpc) is 2.88. The molecule has 1 saturated heterocycles. The number of hydrogen-bond acceptors (Lipinski definition) is 6. The molecule has 4 N–H and O–H groups in total. The number of hydrogen-bond donors (Lipinski definition) is 3. The van der Waals surface area contributed by atoms with Crippen molar-refractivity contribution in [2.24, 2.45) is 0 Å². The van der Waals surface area contributed by atoms with E-state index in [-0.39, 0.29) is 10.7 Å². The second-order valence-electron chi connectivity index (χ2n) is 4.96.